The molecule has 0 aromatic rings. The molecule has 4 heteroatoms. The fraction of sp³-hybridized carbons (Fsp3) is 1.00. The topological polar surface area (TPSA) is 47.9 Å². The smallest absolute Gasteiger partial charge is 0.0784 e. The molecule has 0 aliphatic carbocycles. The highest BCUT2D eigenvalue weighted by molar-refractivity contribution is 4.61. The summed E-state index contributed by atoms with van der Waals surface area (Å²) in [6, 6.07) is 0. The van der Waals surface area contributed by atoms with Crippen LogP contribution in [0.3, 0.4) is 0 Å². The predicted molar refractivity (Wildman–Crippen MR) is 86.7 cm³/mol. The van der Waals surface area contributed by atoms with Gasteiger partial charge >= 0.3 is 0 Å². The van der Waals surface area contributed by atoms with Gasteiger partial charge in [-0.25, -0.2) is 0 Å². The molecule has 0 heterocycles. The Kier molecular flexibility index (Phi) is 13.4. The molecule has 0 aromatic heterocycles. The predicted octanol–water partition coefficient (Wildman–Crippen LogP) is 3.55. The second-order valence-corrected chi connectivity index (χ2v) is 5.97. The van der Waals surface area contributed by atoms with E-state index in [1.54, 1.807) is 0 Å². The Morgan fingerprint density at radius 3 is 2.00 bits per heavy atom. The Bertz CT molecular complexity index is 223. The van der Waals surface area contributed by atoms with Crippen molar-refractivity contribution in [2.75, 3.05) is 19.8 Å². The van der Waals surface area contributed by atoms with E-state index in [4.69, 9.17) is 19.3 Å². The molecular weight excluding hydrogens is 268 g/mol. The molecule has 0 aliphatic rings. The number of aliphatic hydroxyl groups is 1. The van der Waals surface area contributed by atoms with Crippen molar-refractivity contribution in [3.63, 3.8) is 0 Å². The molecule has 0 saturated heterocycles. The lowest BCUT2D eigenvalue weighted by Crippen LogP contribution is -2.28. The second kappa shape index (κ2) is 13.5. The number of ether oxygens (including phenoxy) is 3. The van der Waals surface area contributed by atoms with Crippen molar-refractivity contribution in [2.24, 2.45) is 0 Å². The minimum Gasteiger partial charge on any atom is -0.394 e. The SMILES string of the molecule is CCCCC(CCC)OC(C)COC(C)COC(C)CO. The zero-order valence-corrected chi connectivity index (χ0v) is 14.6. The molecule has 128 valence electrons. The van der Waals surface area contributed by atoms with Gasteiger partial charge in [0.25, 0.3) is 0 Å². The molecule has 1 N–H and O–H groups in total. The summed E-state index contributed by atoms with van der Waals surface area (Å²) >= 11 is 0. The van der Waals surface area contributed by atoms with Crippen LogP contribution in [-0.2, 0) is 14.2 Å². The van der Waals surface area contributed by atoms with Crippen LogP contribution in [0.25, 0.3) is 0 Å². The van der Waals surface area contributed by atoms with Crippen molar-refractivity contribution in [1.82, 2.24) is 0 Å². The Balaban J connectivity index is 3.86. The van der Waals surface area contributed by atoms with Gasteiger partial charge in [0, 0.05) is 0 Å². The van der Waals surface area contributed by atoms with E-state index in [1.165, 1.54) is 12.8 Å². The van der Waals surface area contributed by atoms with E-state index in [2.05, 4.69) is 20.8 Å². The standard InChI is InChI=1S/C17H36O4/c1-6-8-10-17(9-7-2)21-16(5)13-20-15(4)12-19-14(3)11-18/h14-18H,6-13H2,1-5H3. The Labute approximate surface area is 131 Å². The fourth-order valence-corrected chi connectivity index (χ4v) is 2.10. The zero-order chi connectivity index (χ0) is 16.1. The van der Waals surface area contributed by atoms with Crippen LogP contribution in [0.1, 0.15) is 66.7 Å². The monoisotopic (exact) mass is 304 g/mol. The van der Waals surface area contributed by atoms with Gasteiger partial charge in [-0.3, -0.25) is 0 Å². The third-order valence-corrected chi connectivity index (χ3v) is 3.40. The van der Waals surface area contributed by atoms with Gasteiger partial charge in [-0.1, -0.05) is 33.1 Å². The molecule has 4 unspecified atom stereocenters. The van der Waals surface area contributed by atoms with Gasteiger partial charge in [0.2, 0.25) is 0 Å². The first-order valence-corrected chi connectivity index (χ1v) is 8.52. The molecule has 21 heavy (non-hydrogen) atoms. The molecule has 0 aromatic carbocycles. The number of hydrogen-bond donors (Lipinski definition) is 1. The summed E-state index contributed by atoms with van der Waals surface area (Å²) in [6.45, 7) is 11.4. The van der Waals surface area contributed by atoms with Gasteiger partial charge in [-0.15, -0.1) is 0 Å². The third-order valence-electron chi connectivity index (χ3n) is 3.40. The molecule has 0 fully saturated rings. The lowest BCUT2D eigenvalue weighted by atomic mass is 10.1. The largest absolute Gasteiger partial charge is 0.394 e. The molecule has 0 bridgehead atoms. The average molecular weight is 304 g/mol. The molecule has 0 spiro atoms. The van der Waals surface area contributed by atoms with E-state index in [1.807, 2.05) is 13.8 Å². The third kappa shape index (κ3) is 12.1. The van der Waals surface area contributed by atoms with Gasteiger partial charge < -0.3 is 19.3 Å². The molecule has 0 aliphatic heterocycles. The van der Waals surface area contributed by atoms with Crippen LogP contribution in [0, 0.1) is 0 Å². The first-order chi connectivity index (χ1) is 10.0. The maximum atomic E-state index is 8.90. The molecular formula is C17H36O4. The summed E-state index contributed by atoms with van der Waals surface area (Å²) in [5.74, 6) is 0. The molecule has 0 radical (unpaired) electrons. The lowest BCUT2D eigenvalue weighted by Gasteiger charge is -2.24. The summed E-state index contributed by atoms with van der Waals surface area (Å²) in [5, 5.41) is 8.90. The van der Waals surface area contributed by atoms with Gasteiger partial charge in [-0.2, -0.15) is 0 Å². The van der Waals surface area contributed by atoms with E-state index >= 15 is 0 Å². The highest BCUT2D eigenvalue weighted by Gasteiger charge is 2.14. The number of aliphatic hydroxyl groups excluding tert-OH is 1. The van der Waals surface area contributed by atoms with Crippen molar-refractivity contribution in [3.05, 3.63) is 0 Å². The number of unbranched alkanes of at least 4 members (excludes halogenated alkanes) is 1. The van der Waals surface area contributed by atoms with Crippen molar-refractivity contribution in [3.8, 4) is 0 Å². The second-order valence-electron chi connectivity index (χ2n) is 5.97. The molecule has 4 atom stereocenters. The number of rotatable bonds is 14. The Morgan fingerprint density at radius 1 is 0.810 bits per heavy atom. The summed E-state index contributed by atoms with van der Waals surface area (Å²) < 4.78 is 17.3. The van der Waals surface area contributed by atoms with Crippen LogP contribution in [-0.4, -0.2) is 49.3 Å². The minimum atomic E-state index is -0.132. The summed E-state index contributed by atoms with van der Waals surface area (Å²) in [5.41, 5.74) is 0. The van der Waals surface area contributed by atoms with Crippen molar-refractivity contribution >= 4 is 0 Å². The van der Waals surface area contributed by atoms with Gasteiger partial charge in [0.15, 0.2) is 0 Å². The van der Waals surface area contributed by atoms with Crippen LogP contribution in [0.2, 0.25) is 0 Å². The van der Waals surface area contributed by atoms with Crippen molar-refractivity contribution in [2.45, 2.75) is 91.1 Å². The summed E-state index contributed by atoms with van der Waals surface area (Å²) in [7, 11) is 0. The molecule has 0 amide bonds. The maximum absolute atomic E-state index is 8.90. The van der Waals surface area contributed by atoms with Crippen molar-refractivity contribution in [1.29, 1.82) is 0 Å². The van der Waals surface area contributed by atoms with E-state index in [0.717, 1.165) is 19.3 Å². The maximum Gasteiger partial charge on any atom is 0.0784 e. The zero-order valence-electron chi connectivity index (χ0n) is 14.6. The Morgan fingerprint density at radius 2 is 1.43 bits per heavy atom. The minimum absolute atomic E-state index is 0.0188. The fourth-order valence-electron chi connectivity index (χ4n) is 2.10. The van der Waals surface area contributed by atoms with Gasteiger partial charge in [0.1, 0.15) is 0 Å². The highest BCUT2D eigenvalue weighted by atomic mass is 16.6. The average Bonchev–Trinajstić information content (AvgIpc) is 2.48. The quantitative estimate of drug-likeness (QED) is 0.533. The van der Waals surface area contributed by atoms with Crippen LogP contribution < -0.4 is 0 Å². The molecule has 4 nitrogen and oxygen atoms in total. The lowest BCUT2D eigenvalue weighted by molar-refractivity contribution is -0.0923. The van der Waals surface area contributed by atoms with E-state index in [-0.39, 0.29) is 24.9 Å². The summed E-state index contributed by atoms with van der Waals surface area (Å²) in [6.07, 6.45) is 6.21. The normalized spacial score (nSPS) is 17.4. The van der Waals surface area contributed by atoms with Crippen LogP contribution >= 0.6 is 0 Å². The van der Waals surface area contributed by atoms with Crippen LogP contribution in [0.4, 0.5) is 0 Å². The highest BCUT2D eigenvalue weighted by Crippen LogP contribution is 2.13. The van der Waals surface area contributed by atoms with E-state index < -0.39 is 0 Å². The van der Waals surface area contributed by atoms with Gasteiger partial charge in [-0.05, 0) is 33.6 Å². The summed E-state index contributed by atoms with van der Waals surface area (Å²) in [4.78, 5) is 0. The van der Waals surface area contributed by atoms with E-state index in [0.29, 0.717) is 19.3 Å². The first kappa shape index (κ1) is 20.8. The molecule has 0 saturated carbocycles. The number of hydrogen-bond acceptors (Lipinski definition) is 4. The van der Waals surface area contributed by atoms with Crippen molar-refractivity contribution < 1.29 is 19.3 Å². The van der Waals surface area contributed by atoms with Crippen LogP contribution in [0.15, 0.2) is 0 Å². The first-order valence-electron chi connectivity index (χ1n) is 8.52. The van der Waals surface area contributed by atoms with Gasteiger partial charge in [0.05, 0.1) is 44.2 Å². The van der Waals surface area contributed by atoms with E-state index in [9.17, 15) is 0 Å². The van der Waals surface area contributed by atoms with Crippen LogP contribution in [0.5, 0.6) is 0 Å². The Hall–Kier alpha value is -0.160. The molecule has 0 rings (SSSR count).